The molecule has 0 unspecified atom stereocenters. The second-order valence-electron chi connectivity index (χ2n) is 14.9. The molecule has 4 aromatic carbocycles. The smallest absolute Gasteiger partial charge is 0.350 e. The average Bonchev–Trinajstić information content (AvgIpc) is 3.19. The zero-order valence-electron chi connectivity index (χ0n) is 34.1. The summed E-state index contributed by atoms with van der Waals surface area (Å²) in [6, 6.07) is 21.8. The average molecular weight is 871 g/mol. The van der Waals surface area contributed by atoms with E-state index < -0.39 is 69.6 Å². The molecule has 0 spiro atoms. The standard InChI is InChI=1S/C43H50ClF3N6O6S/c1-26(2)38(42(57)49-24-30-15-17-34(18-16-30)43(45,46)47)52-39(54)28(4)48-25-36(19-29-11-8-7-9-12-29)51-41(56)33-20-32(22-37(23-33)53(5)60(6,58)59)40(55)50-27(3)31-13-10-14-35(44)21-31/h7-18,20-23,26-28,36,38,48H,19,24-25H2,1-6H3,(H,49,57)(H,50,55)(H,51,56)(H,52,54)/t27-,28+,36+,38+/m1/s1. The molecular weight excluding hydrogens is 821 g/mol. The van der Waals surface area contributed by atoms with Gasteiger partial charge in [-0.1, -0.05) is 80.0 Å². The van der Waals surface area contributed by atoms with Crippen LogP contribution in [-0.2, 0) is 38.8 Å². The molecule has 12 nitrogen and oxygen atoms in total. The van der Waals surface area contributed by atoms with E-state index in [-0.39, 0.29) is 35.8 Å². The van der Waals surface area contributed by atoms with Crippen molar-refractivity contribution in [1.29, 1.82) is 0 Å². The number of hydrogen-bond acceptors (Lipinski definition) is 7. The molecular formula is C43H50ClF3N6O6S. The van der Waals surface area contributed by atoms with Crippen LogP contribution in [0.5, 0.6) is 0 Å². The van der Waals surface area contributed by atoms with Crippen LogP contribution < -0.4 is 30.9 Å². The number of rotatable bonds is 18. The van der Waals surface area contributed by atoms with Gasteiger partial charge >= 0.3 is 6.18 Å². The highest BCUT2D eigenvalue weighted by Gasteiger charge is 2.30. The number of nitrogens with one attached hydrogen (secondary N) is 5. The van der Waals surface area contributed by atoms with Gasteiger partial charge in [0.25, 0.3) is 11.8 Å². The van der Waals surface area contributed by atoms with Crippen LogP contribution in [0.15, 0.2) is 97.1 Å². The van der Waals surface area contributed by atoms with Crippen LogP contribution in [0.3, 0.4) is 0 Å². The third-order valence-corrected chi connectivity index (χ3v) is 11.2. The second-order valence-corrected chi connectivity index (χ2v) is 17.3. The molecule has 4 rings (SSSR count). The molecule has 4 aromatic rings. The van der Waals surface area contributed by atoms with E-state index in [1.165, 1.54) is 37.4 Å². The SMILES string of the molecule is CC(C)[C@H](NC(=O)[C@H](C)NC[C@H](Cc1ccccc1)NC(=O)c1cc(C(=O)N[C@H](C)c2cccc(Cl)c2)cc(N(C)S(C)(=O)=O)c1)C(=O)NCc1ccc(C(F)(F)F)cc1. The van der Waals surface area contributed by atoms with Gasteiger partial charge in [-0.25, -0.2) is 8.42 Å². The van der Waals surface area contributed by atoms with E-state index in [0.717, 1.165) is 33.8 Å². The van der Waals surface area contributed by atoms with Crippen molar-refractivity contribution in [1.82, 2.24) is 26.6 Å². The predicted octanol–water partition coefficient (Wildman–Crippen LogP) is 6.02. The van der Waals surface area contributed by atoms with E-state index in [4.69, 9.17) is 11.6 Å². The Hall–Kier alpha value is -5.45. The van der Waals surface area contributed by atoms with E-state index >= 15 is 0 Å². The molecule has 322 valence electrons. The minimum absolute atomic E-state index is 0.00879. The molecule has 4 atom stereocenters. The number of hydrogen-bond donors (Lipinski definition) is 5. The van der Waals surface area contributed by atoms with Crippen LogP contribution in [0.25, 0.3) is 0 Å². The molecule has 0 aromatic heterocycles. The molecule has 0 bridgehead atoms. The minimum Gasteiger partial charge on any atom is -0.350 e. The molecule has 0 aliphatic carbocycles. The number of anilines is 1. The van der Waals surface area contributed by atoms with Gasteiger partial charge in [-0.15, -0.1) is 0 Å². The molecule has 4 amide bonds. The Morgan fingerprint density at radius 3 is 1.93 bits per heavy atom. The third kappa shape index (κ3) is 13.8. The predicted molar refractivity (Wildman–Crippen MR) is 226 cm³/mol. The van der Waals surface area contributed by atoms with Gasteiger partial charge in [0.1, 0.15) is 6.04 Å². The third-order valence-electron chi connectivity index (χ3n) is 9.72. The van der Waals surface area contributed by atoms with E-state index in [1.54, 1.807) is 52.0 Å². The number of amides is 4. The Labute approximate surface area is 353 Å². The summed E-state index contributed by atoms with van der Waals surface area (Å²) in [5.74, 6) is -2.54. The molecule has 60 heavy (non-hydrogen) atoms. The molecule has 0 radical (unpaired) electrons. The van der Waals surface area contributed by atoms with Gasteiger partial charge in [0.15, 0.2) is 0 Å². The van der Waals surface area contributed by atoms with Crippen molar-refractivity contribution >= 4 is 50.9 Å². The Kier molecular flexibility index (Phi) is 16.3. The zero-order chi connectivity index (χ0) is 44.4. The number of nitrogens with zero attached hydrogens (tertiary/aromatic N) is 1. The Bertz CT molecular complexity index is 2240. The first-order chi connectivity index (χ1) is 28.1. The van der Waals surface area contributed by atoms with Crippen molar-refractivity contribution in [3.05, 3.63) is 135 Å². The van der Waals surface area contributed by atoms with Crippen LogP contribution in [0, 0.1) is 5.92 Å². The second kappa shape index (κ2) is 20.7. The van der Waals surface area contributed by atoms with Gasteiger partial charge in [0, 0.05) is 42.3 Å². The van der Waals surface area contributed by atoms with Crippen molar-refractivity contribution in [2.45, 2.75) is 71.0 Å². The minimum atomic E-state index is -4.49. The summed E-state index contributed by atoms with van der Waals surface area (Å²) in [5, 5.41) is 14.9. The maximum Gasteiger partial charge on any atom is 0.416 e. The first kappa shape index (κ1) is 47.2. The summed E-state index contributed by atoms with van der Waals surface area (Å²) in [7, 11) is -2.49. The van der Waals surface area contributed by atoms with Gasteiger partial charge < -0.3 is 26.6 Å². The topological polar surface area (TPSA) is 166 Å². The van der Waals surface area contributed by atoms with E-state index in [1.807, 2.05) is 30.3 Å². The van der Waals surface area contributed by atoms with Crippen LogP contribution in [0.2, 0.25) is 5.02 Å². The summed E-state index contributed by atoms with van der Waals surface area (Å²) in [6.45, 7) is 6.86. The van der Waals surface area contributed by atoms with E-state index in [2.05, 4.69) is 26.6 Å². The lowest BCUT2D eigenvalue weighted by molar-refractivity contribution is -0.137. The lowest BCUT2D eigenvalue weighted by Gasteiger charge is -2.26. The summed E-state index contributed by atoms with van der Waals surface area (Å²) < 4.78 is 65.0. The van der Waals surface area contributed by atoms with Crippen molar-refractivity contribution in [3.8, 4) is 0 Å². The number of alkyl halides is 3. The van der Waals surface area contributed by atoms with Crippen LogP contribution in [-0.4, -0.2) is 70.0 Å². The first-order valence-corrected chi connectivity index (χ1v) is 21.3. The lowest BCUT2D eigenvalue weighted by atomic mass is 10.0. The summed E-state index contributed by atoms with van der Waals surface area (Å²) in [4.78, 5) is 54.1. The van der Waals surface area contributed by atoms with Crippen molar-refractivity contribution in [3.63, 3.8) is 0 Å². The first-order valence-electron chi connectivity index (χ1n) is 19.1. The maximum absolute atomic E-state index is 14.0. The Balaban J connectivity index is 1.49. The van der Waals surface area contributed by atoms with Crippen LogP contribution in [0.1, 0.15) is 76.7 Å². The molecule has 0 aliphatic heterocycles. The highest BCUT2D eigenvalue weighted by Crippen LogP contribution is 2.29. The highest BCUT2D eigenvalue weighted by atomic mass is 35.5. The van der Waals surface area contributed by atoms with Crippen LogP contribution in [0.4, 0.5) is 18.9 Å². The molecule has 5 N–H and O–H groups in total. The Morgan fingerprint density at radius 1 is 0.750 bits per heavy atom. The quantitative estimate of drug-likeness (QED) is 0.0816. The largest absolute Gasteiger partial charge is 0.416 e. The monoisotopic (exact) mass is 870 g/mol. The maximum atomic E-state index is 14.0. The zero-order valence-corrected chi connectivity index (χ0v) is 35.6. The molecule has 0 heterocycles. The van der Waals surface area contributed by atoms with Gasteiger partial charge in [-0.2, -0.15) is 13.2 Å². The summed E-state index contributed by atoms with van der Waals surface area (Å²) in [6.07, 6.45) is -3.17. The number of carbonyl (C=O) groups excluding carboxylic acids is 4. The molecule has 0 saturated heterocycles. The summed E-state index contributed by atoms with van der Waals surface area (Å²) >= 11 is 6.15. The van der Waals surface area contributed by atoms with Gasteiger partial charge in [0.05, 0.1) is 29.6 Å². The molecule has 0 fully saturated rings. The fraction of sp³-hybridized carbons (Fsp3) is 0.349. The van der Waals surface area contributed by atoms with Crippen LogP contribution >= 0.6 is 11.6 Å². The summed E-state index contributed by atoms with van der Waals surface area (Å²) in [5.41, 5.74) is 1.37. The Morgan fingerprint density at radius 2 is 1.37 bits per heavy atom. The number of benzene rings is 4. The number of sulfonamides is 1. The lowest BCUT2D eigenvalue weighted by Crippen LogP contribution is -2.55. The molecule has 0 aliphatic rings. The van der Waals surface area contributed by atoms with Crippen molar-refractivity contribution in [2.24, 2.45) is 5.92 Å². The fourth-order valence-electron chi connectivity index (χ4n) is 6.06. The molecule has 0 saturated carbocycles. The number of carbonyl (C=O) groups is 4. The van der Waals surface area contributed by atoms with E-state index in [0.29, 0.717) is 17.0 Å². The van der Waals surface area contributed by atoms with Crippen molar-refractivity contribution in [2.75, 3.05) is 24.2 Å². The fourth-order valence-corrected chi connectivity index (χ4v) is 6.75. The van der Waals surface area contributed by atoms with E-state index in [9.17, 15) is 40.8 Å². The van der Waals surface area contributed by atoms with Crippen molar-refractivity contribution < 1.29 is 40.8 Å². The van der Waals surface area contributed by atoms with Gasteiger partial charge in [0.2, 0.25) is 21.8 Å². The van der Waals surface area contributed by atoms with Gasteiger partial charge in [-0.3, -0.25) is 23.5 Å². The highest BCUT2D eigenvalue weighted by molar-refractivity contribution is 7.92. The number of halogens is 4. The van der Waals surface area contributed by atoms with Gasteiger partial charge in [-0.05, 0) is 85.3 Å². The molecule has 17 heteroatoms. The normalized spacial score (nSPS) is 13.7.